The fourth-order valence-electron chi connectivity index (χ4n) is 2.50. The Morgan fingerprint density at radius 1 is 1.00 bits per heavy atom. The average Bonchev–Trinajstić information content (AvgIpc) is 2.94. The van der Waals surface area contributed by atoms with Crippen LogP contribution in [0.3, 0.4) is 0 Å². The molecule has 4 nitrogen and oxygen atoms in total. The van der Waals surface area contributed by atoms with Crippen LogP contribution in [0.4, 0.5) is 0 Å². The lowest BCUT2D eigenvalue weighted by Gasteiger charge is -2.10. The Kier molecular flexibility index (Phi) is 5.20. The maximum Gasteiger partial charge on any atom is 0.195 e. The topological polar surface area (TPSA) is 39.9 Å². The molecule has 0 N–H and O–H groups in total. The third-order valence-electron chi connectivity index (χ3n) is 3.72. The van der Waals surface area contributed by atoms with Gasteiger partial charge in [-0.25, -0.2) is 0 Å². The van der Waals surface area contributed by atoms with Gasteiger partial charge in [0.15, 0.2) is 5.16 Å². The van der Waals surface area contributed by atoms with E-state index >= 15 is 0 Å². The van der Waals surface area contributed by atoms with Gasteiger partial charge in [-0.3, -0.25) is 4.57 Å². The van der Waals surface area contributed by atoms with Crippen molar-refractivity contribution in [2.45, 2.75) is 25.9 Å². The van der Waals surface area contributed by atoms with Gasteiger partial charge < -0.3 is 4.74 Å². The normalized spacial score (nSPS) is 10.8. The lowest BCUT2D eigenvalue weighted by atomic mass is 10.2. The third-order valence-corrected chi connectivity index (χ3v) is 4.61. The number of para-hydroxylation sites is 1. The van der Waals surface area contributed by atoms with Gasteiger partial charge in [-0.15, -0.1) is 10.2 Å². The zero-order valence-electron chi connectivity index (χ0n) is 14.2. The number of ether oxygens (including phenoxy) is 1. The fourth-order valence-corrected chi connectivity index (χ4v) is 3.32. The van der Waals surface area contributed by atoms with E-state index in [9.17, 15) is 0 Å². The highest BCUT2D eigenvalue weighted by molar-refractivity contribution is 7.99. The van der Waals surface area contributed by atoms with Gasteiger partial charge in [-0.2, -0.15) is 0 Å². The first-order chi connectivity index (χ1) is 11.6. The van der Waals surface area contributed by atoms with Gasteiger partial charge in [0.05, 0.1) is 6.61 Å². The van der Waals surface area contributed by atoms with Crippen molar-refractivity contribution in [1.29, 1.82) is 0 Å². The number of nitrogens with zero attached hydrogens (tertiary/aromatic N) is 3. The monoisotopic (exact) mass is 339 g/mol. The first-order valence-corrected chi connectivity index (χ1v) is 8.94. The Labute approximate surface area is 146 Å². The summed E-state index contributed by atoms with van der Waals surface area (Å²) in [5.74, 6) is 2.65. The summed E-state index contributed by atoms with van der Waals surface area (Å²) < 4.78 is 7.94. The second kappa shape index (κ2) is 7.53. The minimum atomic E-state index is 0.634. The van der Waals surface area contributed by atoms with E-state index in [0.717, 1.165) is 33.7 Å². The molecule has 0 saturated carbocycles. The van der Waals surface area contributed by atoms with E-state index in [2.05, 4.69) is 58.9 Å². The highest BCUT2D eigenvalue weighted by atomic mass is 32.2. The summed E-state index contributed by atoms with van der Waals surface area (Å²) in [5.41, 5.74) is 3.47. The first-order valence-electron chi connectivity index (χ1n) is 7.95. The van der Waals surface area contributed by atoms with E-state index < -0.39 is 0 Å². The zero-order chi connectivity index (χ0) is 16.9. The Morgan fingerprint density at radius 3 is 2.62 bits per heavy atom. The van der Waals surface area contributed by atoms with E-state index in [1.807, 2.05) is 25.1 Å². The van der Waals surface area contributed by atoms with Crippen molar-refractivity contribution < 1.29 is 4.74 Å². The van der Waals surface area contributed by atoms with Crippen LogP contribution in [0.15, 0.2) is 53.7 Å². The summed E-state index contributed by atoms with van der Waals surface area (Å²) >= 11 is 1.66. The van der Waals surface area contributed by atoms with Crippen molar-refractivity contribution in [3.63, 3.8) is 0 Å². The summed E-state index contributed by atoms with van der Waals surface area (Å²) in [6, 6.07) is 16.4. The Balaban J connectivity index is 1.65. The molecular weight excluding hydrogens is 318 g/mol. The van der Waals surface area contributed by atoms with Crippen molar-refractivity contribution in [1.82, 2.24) is 14.8 Å². The lowest BCUT2D eigenvalue weighted by Crippen LogP contribution is -2.04. The SMILES string of the molecule is Cc1cccc(-n2c(C)nnc2SCCOc2ccccc2C)c1. The standard InChI is InChI=1S/C19H21N3OS/c1-14-7-6-9-17(13-14)22-16(3)20-21-19(22)24-12-11-23-18-10-5-4-8-15(18)2/h4-10,13H,11-12H2,1-3H3. The molecule has 0 bridgehead atoms. The molecule has 0 amide bonds. The van der Waals surface area contributed by atoms with Crippen LogP contribution in [-0.2, 0) is 0 Å². The first kappa shape index (κ1) is 16.6. The maximum atomic E-state index is 5.85. The largest absolute Gasteiger partial charge is 0.492 e. The molecule has 0 aliphatic heterocycles. The van der Waals surface area contributed by atoms with Gasteiger partial charge in [0, 0.05) is 11.4 Å². The van der Waals surface area contributed by atoms with Gasteiger partial charge in [-0.1, -0.05) is 42.1 Å². The smallest absolute Gasteiger partial charge is 0.195 e. The minimum absolute atomic E-state index is 0.634. The van der Waals surface area contributed by atoms with Crippen LogP contribution in [0.1, 0.15) is 17.0 Å². The molecule has 3 rings (SSSR count). The molecule has 0 fully saturated rings. The Hall–Kier alpha value is -2.27. The molecule has 0 radical (unpaired) electrons. The molecule has 0 unspecified atom stereocenters. The van der Waals surface area contributed by atoms with Gasteiger partial charge in [0.1, 0.15) is 11.6 Å². The number of thioether (sulfide) groups is 1. The van der Waals surface area contributed by atoms with Crippen LogP contribution in [0.25, 0.3) is 5.69 Å². The highest BCUT2D eigenvalue weighted by Crippen LogP contribution is 2.23. The molecule has 5 heteroatoms. The van der Waals surface area contributed by atoms with Crippen LogP contribution >= 0.6 is 11.8 Å². The molecular formula is C19H21N3OS. The molecule has 1 heterocycles. The van der Waals surface area contributed by atoms with Crippen molar-refractivity contribution in [3.8, 4) is 11.4 Å². The molecule has 0 aliphatic carbocycles. The summed E-state index contributed by atoms with van der Waals surface area (Å²) in [6.07, 6.45) is 0. The minimum Gasteiger partial charge on any atom is -0.492 e. The number of aromatic nitrogens is 3. The van der Waals surface area contributed by atoms with Crippen LogP contribution in [0.2, 0.25) is 0 Å². The lowest BCUT2D eigenvalue weighted by molar-refractivity contribution is 0.341. The fraction of sp³-hybridized carbons (Fsp3) is 0.263. The number of hydrogen-bond acceptors (Lipinski definition) is 4. The summed E-state index contributed by atoms with van der Waals surface area (Å²) in [7, 11) is 0. The van der Waals surface area contributed by atoms with Crippen molar-refractivity contribution in [2.75, 3.05) is 12.4 Å². The van der Waals surface area contributed by atoms with E-state index in [-0.39, 0.29) is 0 Å². The molecule has 0 atom stereocenters. The Morgan fingerprint density at radius 2 is 1.83 bits per heavy atom. The highest BCUT2D eigenvalue weighted by Gasteiger charge is 2.11. The van der Waals surface area contributed by atoms with Gasteiger partial charge in [-0.05, 0) is 50.1 Å². The second-order valence-electron chi connectivity index (χ2n) is 5.67. The summed E-state index contributed by atoms with van der Waals surface area (Å²) in [6.45, 7) is 6.75. The molecule has 0 spiro atoms. The van der Waals surface area contributed by atoms with E-state index in [1.54, 1.807) is 11.8 Å². The van der Waals surface area contributed by atoms with Crippen LogP contribution < -0.4 is 4.74 Å². The summed E-state index contributed by atoms with van der Waals surface area (Å²) in [5, 5.41) is 9.42. The molecule has 1 aromatic heterocycles. The van der Waals surface area contributed by atoms with Crippen LogP contribution in [0.5, 0.6) is 5.75 Å². The quantitative estimate of drug-likeness (QED) is 0.494. The second-order valence-corrected chi connectivity index (χ2v) is 6.73. The van der Waals surface area contributed by atoms with Gasteiger partial charge in [0.25, 0.3) is 0 Å². The predicted octanol–water partition coefficient (Wildman–Crippen LogP) is 4.36. The number of rotatable bonds is 6. The number of benzene rings is 2. The maximum absolute atomic E-state index is 5.85. The van der Waals surface area contributed by atoms with Gasteiger partial charge in [0.2, 0.25) is 0 Å². The van der Waals surface area contributed by atoms with Crippen LogP contribution in [-0.4, -0.2) is 27.1 Å². The Bertz CT molecular complexity index is 829. The van der Waals surface area contributed by atoms with Crippen molar-refractivity contribution >= 4 is 11.8 Å². The number of hydrogen-bond donors (Lipinski definition) is 0. The molecule has 124 valence electrons. The molecule has 0 saturated heterocycles. The average molecular weight is 339 g/mol. The van der Waals surface area contributed by atoms with E-state index in [4.69, 9.17) is 4.74 Å². The summed E-state index contributed by atoms with van der Waals surface area (Å²) in [4.78, 5) is 0. The van der Waals surface area contributed by atoms with E-state index in [1.165, 1.54) is 5.56 Å². The molecule has 3 aromatic rings. The third kappa shape index (κ3) is 3.79. The predicted molar refractivity (Wildman–Crippen MR) is 98.2 cm³/mol. The molecule has 2 aromatic carbocycles. The van der Waals surface area contributed by atoms with Crippen molar-refractivity contribution in [2.24, 2.45) is 0 Å². The molecule has 24 heavy (non-hydrogen) atoms. The molecule has 0 aliphatic rings. The van der Waals surface area contributed by atoms with E-state index in [0.29, 0.717) is 6.61 Å². The van der Waals surface area contributed by atoms with Crippen molar-refractivity contribution in [3.05, 3.63) is 65.5 Å². The van der Waals surface area contributed by atoms with Gasteiger partial charge >= 0.3 is 0 Å². The zero-order valence-corrected chi connectivity index (χ0v) is 15.0. The van der Waals surface area contributed by atoms with Crippen LogP contribution in [0, 0.1) is 20.8 Å². The number of aryl methyl sites for hydroxylation is 3.